The van der Waals surface area contributed by atoms with Gasteiger partial charge in [-0.2, -0.15) is 5.10 Å². The number of nitrogens with zero attached hydrogens (tertiary/aromatic N) is 6. The molecule has 3 aromatic rings. The summed E-state index contributed by atoms with van der Waals surface area (Å²) in [4.78, 5) is 14.6. The zero-order valence-electron chi connectivity index (χ0n) is 22.4. The molecule has 0 radical (unpaired) electrons. The van der Waals surface area contributed by atoms with Gasteiger partial charge in [-0.3, -0.25) is 4.90 Å². The number of benzene rings is 1. The molecule has 13 heteroatoms. The first-order valence-corrected chi connectivity index (χ1v) is 15.7. The first-order chi connectivity index (χ1) is 18.0. The molecule has 2 aliphatic heterocycles. The van der Waals surface area contributed by atoms with Crippen molar-refractivity contribution in [1.82, 2.24) is 24.6 Å². The van der Waals surface area contributed by atoms with E-state index in [9.17, 15) is 8.42 Å². The Labute approximate surface area is 246 Å². The molecule has 9 nitrogen and oxygen atoms in total. The van der Waals surface area contributed by atoms with Crippen molar-refractivity contribution in [1.29, 1.82) is 0 Å². The van der Waals surface area contributed by atoms with Crippen molar-refractivity contribution < 1.29 is 8.42 Å². The molecule has 2 aliphatic rings. The normalized spacial score (nSPS) is 23.2. The number of hydrogen-bond acceptors (Lipinski definition) is 7. The quantitative estimate of drug-likeness (QED) is 0.405. The average molecular weight is 617 g/mol. The summed E-state index contributed by atoms with van der Waals surface area (Å²) in [7, 11) is -3.44. The number of halogens is 3. The van der Waals surface area contributed by atoms with Crippen LogP contribution in [0, 0.1) is 12.8 Å². The van der Waals surface area contributed by atoms with Crippen LogP contribution in [-0.2, 0) is 10.0 Å². The van der Waals surface area contributed by atoms with E-state index in [2.05, 4.69) is 16.7 Å². The Hall–Kier alpha value is -1.69. The van der Waals surface area contributed by atoms with Gasteiger partial charge in [-0.1, -0.05) is 36.2 Å². The Kier molecular flexibility index (Phi) is 9.35. The minimum atomic E-state index is -3.44. The van der Waals surface area contributed by atoms with Gasteiger partial charge in [0.15, 0.2) is 5.65 Å². The maximum absolute atomic E-state index is 11.5. The van der Waals surface area contributed by atoms with Gasteiger partial charge < -0.3 is 4.90 Å². The van der Waals surface area contributed by atoms with E-state index in [4.69, 9.17) is 43.4 Å². The molecule has 214 valence electrons. The van der Waals surface area contributed by atoms with Crippen LogP contribution in [-0.4, -0.2) is 70.5 Å². The second-order valence-corrected chi connectivity index (χ2v) is 13.3. The predicted molar refractivity (Wildman–Crippen MR) is 160 cm³/mol. The SMILES string of the molecule is Cc1nn([C@H](C)c2ccc(Cl)cc2Cl)c2nc(N3CC[C@@H](N4CCCC4CCS(N)(=O)=O)[C@@H](C)C3)cnc12.Cl. The lowest BCUT2D eigenvalue weighted by Crippen LogP contribution is -2.52. The molecule has 39 heavy (non-hydrogen) atoms. The number of aromatic nitrogens is 4. The fraction of sp³-hybridized carbons (Fsp3) is 0.577. The van der Waals surface area contributed by atoms with Crippen molar-refractivity contribution >= 4 is 62.6 Å². The van der Waals surface area contributed by atoms with Gasteiger partial charge in [0.05, 0.1) is 23.7 Å². The Morgan fingerprint density at radius 3 is 2.67 bits per heavy atom. The van der Waals surface area contributed by atoms with Crippen LogP contribution in [0.2, 0.25) is 10.0 Å². The molecule has 0 aliphatic carbocycles. The molecule has 4 atom stereocenters. The van der Waals surface area contributed by atoms with Crippen LogP contribution in [0.4, 0.5) is 5.82 Å². The molecular weight excluding hydrogens is 581 g/mol. The highest BCUT2D eigenvalue weighted by Crippen LogP contribution is 2.34. The van der Waals surface area contributed by atoms with Crippen LogP contribution in [0.3, 0.4) is 0 Å². The Bertz CT molecular complexity index is 1430. The molecule has 1 unspecified atom stereocenters. The first-order valence-electron chi connectivity index (χ1n) is 13.2. The predicted octanol–water partition coefficient (Wildman–Crippen LogP) is 4.83. The van der Waals surface area contributed by atoms with Crippen LogP contribution in [0.25, 0.3) is 11.2 Å². The molecule has 1 aromatic carbocycles. The van der Waals surface area contributed by atoms with E-state index < -0.39 is 10.0 Å². The average Bonchev–Trinajstić information content (AvgIpc) is 3.46. The molecule has 4 heterocycles. The van der Waals surface area contributed by atoms with Crippen LogP contribution < -0.4 is 10.0 Å². The van der Waals surface area contributed by atoms with E-state index in [1.165, 1.54) is 0 Å². The van der Waals surface area contributed by atoms with Crippen molar-refractivity contribution in [2.24, 2.45) is 11.1 Å². The number of fused-ring (bicyclic) bond motifs is 1. The number of nitrogens with two attached hydrogens (primary N) is 1. The van der Waals surface area contributed by atoms with E-state index >= 15 is 0 Å². The second kappa shape index (κ2) is 12.0. The number of rotatable bonds is 7. The van der Waals surface area contributed by atoms with E-state index in [1.54, 1.807) is 6.07 Å². The van der Waals surface area contributed by atoms with Gasteiger partial charge in [0.25, 0.3) is 0 Å². The number of likely N-dealkylation sites (tertiary alicyclic amines) is 1. The minimum Gasteiger partial charge on any atom is -0.355 e. The van der Waals surface area contributed by atoms with Crippen LogP contribution in [0.15, 0.2) is 24.4 Å². The van der Waals surface area contributed by atoms with Gasteiger partial charge in [-0.05, 0) is 69.7 Å². The zero-order chi connectivity index (χ0) is 27.2. The van der Waals surface area contributed by atoms with Crippen molar-refractivity contribution in [3.63, 3.8) is 0 Å². The summed E-state index contributed by atoms with van der Waals surface area (Å²) in [6.45, 7) is 9.00. The molecule has 2 saturated heterocycles. The highest BCUT2D eigenvalue weighted by atomic mass is 35.5. The van der Waals surface area contributed by atoms with Crippen LogP contribution in [0.1, 0.15) is 56.8 Å². The summed E-state index contributed by atoms with van der Waals surface area (Å²) < 4.78 is 25.0. The van der Waals surface area contributed by atoms with Crippen molar-refractivity contribution in [3.8, 4) is 0 Å². The van der Waals surface area contributed by atoms with E-state index in [0.29, 0.717) is 28.4 Å². The molecule has 5 rings (SSSR count). The molecular formula is C26H36Cl3N7O2S. The summed E-state index contributed by atoms with van der Waals surface area (Å²) >= 11 is 12.6. The third-order valence-corrected chi connectivity index (χ3v) is 9.47. The van der Waals surface area contributed by atoms with Crippen molar-refractivity contribution in [2.75, 3.05) is 30.3 Å². The number of anilines is 1. The van der Waals surface area contributed by atoms with E-state index in [-0.39, 0.29) is 30.2 Å². The van der Waals surface area contributed by atoms with Crippen LogP contribution in [0.5, 0.6) is 0 Å². The summed E-state index contributed by atoms with van der Waals surface area (Å²) in [6.07, 6.45) is 5.57. The fourth-order valence-electron chi connectivity index (χ4n) is 6.18. The van der Waals surface area contributed by atoms with Crippen LogP contribution >= 0.6 is 35.6 Å². The van der Waals surface area contributed by atoms with Gasteiger partial charge in [0, 0.05) is 35.2 Å². The second-order valence-electron chi connectivity index (χ2n) is 10.7. The Morgan fingerprint density at radius 1 is 1.21 bits per heavy atom. The maximum atomic E-state index is 11.5. The van der Waals surface area contributed by atoms with E-state index in [0.717, 1.165) is 67.1 Å². The highest BCUT2D eigenvalue weighted by Gasteiger charge is 2.37. The maximum Gasteiger partial charge on any atom is 0.209 e. The largest absolute Gasteiger partial charge is 0.355 e. The van der Waals surface area contributed by atoms with Gasteiger partial charge >= 0.3 is 0 Å². The van der Waals surface area contributed by atoms with Gasteiger partial charge in [0.2, 0.25) is 10.0 Å². The third-order valence-electron chi connectivity index (χ3n) is 8.11. The monoisotopic (exact) mass is 615 g/mol. The first kappa shape index (κ1) is 30.3. The van der Waals surface area contributed by atoms with Gasteiger partial charge in [-0.25, -0.2) is 28.2 Å². The van der Waals surface area contributed by atoms with Crippen molar-refractivity contribution in [3.05, 3.63) is 45.7 Å². The third kappa shape index (κ3) is 6.47. The van der Waals surface area contributed by atoms with Crippen molar-refractivity contribution in [2.45, 2.75) is 64.6 Å². The van der Waals surface area contributed by atoms with E-state index in [1.807, 2.05) is 36.9 Å². The Morgan fingerprint density at radius 2 is 1.97 bits per heavy atom. The summed E-state index contributed by atoms with van der Waals surface area (Å²) in [5.74, 6) is 1.28. The molecule has 2 aromatic heterocycles. The molecule has 2 N–H and O–H groups in total. The number of sulfonamides is 1. The molecule has 0 amide bonds. The number of aryl methyl sites for hydroxylation is 1. The number of hydrogen-bond donors (Lipinski definition) is 1. The lowest BCUT2D eigenvalue weighted by atomic mass is 9.91. The topological polar surface area (TPSA) is 110 Å². The Balaban J connectivity index is 0.00000353. The fourth-order valence-corrected chi connectivity index (χ4v) is 7.34. The number of primary sulfonamides is 1. The molecule has 0 spiro atoms. The smallest absolute Gasteiger partial charge is 0.209 e. The number of piperidine rings is 1. The highest BCUT2D eigenvalue weighted by molar-refractivity contribution is 7.89. The minimum absolute atomic E-state index is 0. The molecule has 0 saturated carbocycles. The molecule has 2 fully saturated rings. The zero-order valence-corrected chi connectivity index (χ0v) is 25.6. The van der Waals surface area contributed by atoms with Gasteiger partial charge in [-0.15, -0.1) is 12.4 Å². The lowest BCUT2D eigenvalue weighted by molar-refractivity contribution is 0.113. The summed E-state index contributed by atoms with van der Waals surface area (Å²) in [6, 6.07) is 6.06. The summed E-state index contributed by atoms with van der Waals surface area (Å²) in [5, 5.41) is 11.2. The standard InChI is InChI=1S/C26H35Cl2N7O2S.ClH/c1-16-15-33(11-8-23(16)34-10-4-5-20(34)9-12-38(29,36)37)24-14-30-25-17(2)32-35(26(25)31-24)18(3)21-7-6-19(27)13-22(21)28;/h6-7,13-14,16,18,20,23H,4-5,8-12,15H2,1-3H3,(H2,29,36,37);1H/t16-,18+,20?,23+;/m0./s1. The summed E-state index contributed by atoms with van der Waals surface area (Å²) in [5.41, 5.74) is 3.26. The lowest BCUT2D eigenvalue weighted by Gasteiger charge is -2.43. The molecule has 0 bridgehead atoms. The van der Waals surface area contributed by atoms with Gasteiger partial charge in [0.1, 0.15) is 11.3 Å².